The smallest absolute Gasteiger partial charge is 0.317 e. The number of para-hydroxylation sites is 1. The van der Waals surface area contributed by atoms with Crippen molar-refractivity contribution in [3.63, 3.8) is 0 Å². The zero-order valence-electron chi connectivity index (χ0n) is 11.9. The van der Waals surface area contributed by atoms with Crippen molar-refractivity contribution in [2.45, 2.75) is 13.1 Å². The van der Waals surface area contributed by atoms with Gasteiger partial charge in [0, 0.05) is 24.0 Å². The predicted molar refractivity (Wildman–Crippen MR) is 88.7 cm³/mol. The first-order valence-electron chi connectivity index (χ1n) is 6.45. The Hall–Kier alpha value is -1.53. The Morgan fingerprint density at radius 1 is 1.33 bits per heavy atom. The summed E-state index contributed by atoms with van der Waals surface area (Å²) in [6.07, 6.45) is 0. The Labute approximate surface area is 136 Å². The molecule has 0 aliphatic heterocycles. The molecule has 0 bridgehead atoms. The van der Waals surface area contributed by atoms with Gasteiger partial charge in [0.1, 0.15) is 5.75 Å². The number of hydrogen-bond donors (Lipinski definition) is 1. The highest BCUT2D eigenvalue weighted by molar-refractivity contribution is 9.11. The van der Waals surface area contributed by atoms with E-state index < -0.39 is 0 Å². The summed E-state index contributed by atoms with van der Waals surface area (Å²) >= 11 is 5.05. The lowest BCUT2D eigenvalue weighted by Crippen LogP contribution is -2.36. The van der Waals surface area contributed by atoms with Crippen LogP contribution in [0.3, 0.4) is 0 Å². The molecule has 0 atom stereocenters. The quantitative estimate of drug-likeness (QED) is 0.870. The van der Waals surface area contributed by atoms with Gasteiger partial charge in [0.05, 0.1) is 17.4 Å². The second-order valence-electron chi connectivity index (χ2n) is 4.53. The topological polar surface area (TPSA) is 41.6 Å². The average molecular weight is 369 g/mol. The fourth-order valence-electron chi connectivity index (χ4n) is 1.90. The van der Waals surface area contributed by atoms with Gasteiger partial charge >= 0.3 is 6.03 Å². The first-order chi connectivity index (χ1) is 10.1. The van der Waals surface area contributed by atoms with Gasteiger partial charge in [0.15, 0.2) is 0 Å². The molecule has 0 spiro atoms. The van der Waals surface area contributed by atoms with Gasteiger partial charge in [-0.2, -0.15) is 0 Å². The molecule has 4 nitrogen and oxygen atoms in total. The number of methoxy groups -OCH3 is 1. The van der Waals surface area contributed by atoms with Crippen LogP contribution in [0.1, 0.15) is 10.4 Å². The van der Waals surface area contributed by atoms with E-state index in [4.69, 9.17) is 4.74 Å². The molecule has 0 saturated heterocycles. The molecule has 0 unspecified atom stereocenters. The summed E-state index contributed by atoms with van der Waals surface area (Å²) in [5, 5.41) is 2.90. The van der Waals surface area contributed by atoms with E-state index in [2.05, 4.69) is 21.2 Å². The van der Waals surface area contributed by atoms with Gasteiger partial charge in [-0.05, 0) is 34.1 Å². The molecule has 1 heterocycles. The molecule has 2 amide bonds. The second kappa shape index (κ2) is 7.47. The Morgan fingerprint density at radius 2 is 2.10 bits per heavy atom. The van der Waals surface area contributed by atoms with Crippen LogP contribution in [-0.4, -0.2) is 25.1 Å². The van der Waals surface area contributed by atoms with Gasteiger partial charge < -0.3 is 15.0 Å². The highest BCUT2D eigenvalue weighted by atomic mass is 79.9. The largest absolute Gasteiger partial charge is 0.496 e. The maximum atomic E-state index is 12.1. The monoisotopic (exact) mass is 368 g/mol. The van der Waals surface area contributed by atoms with Crippen molar-refractivity contribution in [3.05, 3.63) is 50.6 Å². The van der Waals surface area contributed by atoms with Gasteiger partial charge in [-0.15, -0.1) is 11.3 Å². The van der Waals surface area contributed by atoms with Crippen LogP contribution >= 0.6 is 27.3 Å². The number of nitrogens with one attached hydrogen (secondary N) is 1. The van der Waals surface area contributed by atoms with Gasteiger partial charge in [-0.3, -0.25) is 0 Å². The number of urea groups is 1. The molecule has 1 N–H and O–H groups in total. The third-order valence-corrected chi connectivity index (χ3v) is 4.60. The van der Waals surface area contributed by atoms with E-state index >= 15 is 0 Å². The number of rotatable bonds is 5. The van der Waals surface area contributed by atoms with Crippen LogP contribution in [0.2, 0.25) is 0 Å². The molecule has 0 aliphatic rings. The molecule has 2 rings (SSSR count). The molecular formula is C15H17BrN2O2S. The molecule has 1 aromatic heterocycles. The number of hydrogen-bond acceptors (Lipinski definition) is 3. The van der Waals surface area contributed by atoms with Crippen molar-refractivity contribution in [1.82, 2.24) is 10.2 Å². The number of carbonyl (C=O) groups is 1. The Balaban J connectivity index is 1.89. The summed E-state index contributed by atoms with van der Waals surface area (Å²) in [4.78, 5) is 14.9. The van der Waals surface area contributed by atoms with Gasteiger partial charge in [-0.1, -0.05) is 18.2 Å². The van der Waals surface area contributed by atoms with E-state index in [-0.39, 0.29) is 6.03 Å². The van der Waals surface area contributed by atoms with Crippen LogP contribution in [0.5, 0.6) is 5.75 Å². The highest BCUT2D eigenvalue weighted by Gasteiger charge is 2.11. The summed E-state index contributed by atoms with van der Waals surface area (Å²) < 4.78 is 6.34. The summed E-state index contributed by atoms with van der Waals surface area (Å²) in [6, 6.07) is 11.6. The van der Waals surface area contributed by atoms with Crippen molar-refractivity contribution >= 4 is 33.3 Å². The molecule has 0 saturated carbocycles. The zero-order valence-corrected chi connectivity index (χ0v) is 14.3. The Bertz CT molecular complexity index is 615. The average Bonchev–Trinajstić information content (AvgIpc) is 2.90. The number of benzene rings is 1. The number of thiophene rings is 1. The van der Waals surface area contributed by atoms with Crippen LogP contribution in [0.25, 0.3) is 0 Å². The molecule has 0 aliphatic carbocycles. The van der Waals surface area contributed by atoms with Crippen LogP contribution in [-0.2, 0) is 13.1 Å². The fraction of sp³-hybridized carbons (Fsp3) is 0.267. The van der Waals surface area contributed by atoms with Gasteiger partial charge in [-0.25, -0.2) is 4.79 Å². The maximum absolute atomic E-state index is 12.1. The lowest BCUT2D eigenvalue weighted by molar-refractivity contribution is 0.206. The van der Waals surface area contributed by atoms with E-state index in [1.54, 1.807) is 30.4 Å². The van der Waals surface area contributed by atoms with E-state index in [0.717, 1.165) is 20.0 Å². The summed E-state index contributed by atoms with van der Waals surface area (Å²) in [5.74, 6) is 0.780. The Kier molecular flexibility index (Phi) is 5.64. The molecule has 112 valence electrons. The highest BCUT2D eigenvalue weighted by Crippen LogP contribution is 2.23. The third kappa shape index (κ3) is 4.47. The normalized spacial score (nSPS) is 10.2. The minimum absolute atomic E-state index is 0.106. The number of ether oxygens (including phenoxy) is 1. The van der Waals surface area contributed by atoms with Crippen LogP contribution in [0.4, 0.5) is 4.79 Å². The Morgan fingerprint density at radius 3 is 2.76 bits per heavy atom. The molecule has 1 aromatic carbocycles. The van der Waals surface area contributed by atoms with Crippen molar-refractivity contribution in [1.29, 1.82) is 0 Å². The zero-order chi connectivity index (χ0) is 15.2. The predicted octanol–water partition coefficient (Wildman–Crippen LogP) is 3.86. The molecule has 2 aromatic rings. The number of nitrogens with zero attached hydrogens (tertiary/aromatic N) is 1. The minimum Gasteiger partial charge on any atom is -0.496 e. The summed E-state index contributed by atoms with van der Waals surface area (Å²) in [5.41, 5.74) is 0.959. The van der Waals surface area contributed by atoms with Gasteiger partial charge in [0.25, 0.3) is 0 Å². The summed E-state index contributed by atoms with van der Waals surface area (Å²) in [7, 11) is 3.41. The van der Waals surface area contributed by atoms with E-state index in [1.165, 1.54) is 0 Å². The second-order valence-corrected chi connectivity index (χ2v) is 7.08. The molecular weight excluding hydrogens is 352 g/mol. The third-order valence-electron chi connectivity index (χ3n) is 2.99. The lowest BCUT2D eigenvalue weighted by Gasteiger charge is -2.17. The van der Waals surface area contributed by atoms with E-state index in [9.17, 15) is 4.79 Å². The first-order valence-corrected chi connectivity index (χ1v) is 8.06. The number of halogens is 1. The SMILES string of the molecule is COc1ccccc1CNC(=O)N(C)Cc1ccc(Br)s1. The minimum atomic E-state index is -0.106. The van der Waals surface area contributed by atoms with Crippen LogP contribution < -0.4 is 10.1 Å². The standard InChI is InChI=1S/C15H17BrN2O2S/c1-18(10-12-7-8-14(16)21-12)15(19)17-9-11-5-3-4-6-13(11)20-2/h3-8H,9-10H2,1-2H3,(H,17,19). The maximum Gasteiger partial charge on any atom is 0.317 e. The van der Waals surface area contributed by atoms with Crippen LogP contribution in [0.15, 0.2) is 40.2 Å². The van der Waals surface area contributed by atoms with Crippen LogP contribution in [0, 0.1) is 0 Å². The summed E-state index contributed by atoms with van der Waals surface area (Å²) in [6.45, 7) is 1.04. The van der Waals surface area contributed by atoms with E-state index in [1.807, 2.05) is 36.4 Å². The van der Waals surface area contributed by atoms with Crippen molar-refractivity contribution in [3.8, 4) is 5.75 Å². The molecule has 0 fully saturated rings. The number of amides is 2. The van der Waals surface area contributed by atoms with Gasteiger partial charge in [0.2, 0.25) is 0 Å². The number of carbonyl (C=O) groups excluding carboxylic acids is 1. The van der Waals surface area contributed by atoms with E-state index in [0.29, 0.717) is 13.1 Å². The van der Waals surface area contributed by atoms with Crippen molar-refractivity contribution < 1.29 is 9.53 Å². The van der Waals surface area contributed by atoms with Crippen molar-refractivity contribution in [2.75, 3.05) is 14.2 Å². The lowest BCUT2D eigenvalue weighted by atomic mass is 10.2. The first kappa shape index (κ1) is 15.9. The van der Waals surface area contributed by atoms with Crippen molar-refractivity contribution in [2.24, 2.45) is 0 Å². The fourth-order valence-corrected chi connectivity index (χ4v) is 3.43. The molecule has 0 radical (unpaired) electrons. The molecule has 21 heavy (non-hydrogen) atoms. The molecule has 6 heteroatoms.